The van der Waals surface area contributed by atoms with Crippen LogP contribution in [-0.4, -0.2) is 10.2 Å². The third-order valence-electron chi connectivity index (χ3n) is 7.38. The lowest BCUT2D eigenvalue weighted by Gasteiger charge is -2.26. The van der Waals surface area contributed by atoms with Crippen molar-refractivity contribution in [2.24, 2.45) is 0 Å². The molecule has 0 unspecified atom stereocenters. The predicted molar refractivity (Wildman–Crippen MR) is 149 cm³/mol. The number of phenolic OH excluding ortho intramolecular Hbond substituents is 2. The summed E-state index contributed by atoms with van der Waals surface area (Å²) in [5.41, 5.74) is 1.34. The third-order valence-corrected chi connectivity index (χ3v) is 7.38. The first kappa shape index (κ1) is 28.2. The molecule has 4 nitrogen and oxygen atoms in total. The number of phenols is 2. The maximum absolute atomic E-state index is 11.0. The molecule has 0 spiro atoms. The van der Waals surface area contributed by atoms with Crippen LogP contribution < -0.4 is 9.47 Å². The van der Waals surface area contributed by atoms with Gasteiger partial charge in [0.1, 0.15) is 0 Å². The van der Waals surface area contributed by atoms with Crippen LogP contribution in [0.25, 0.3) is 0 Å². The van der Waals surface area contributed by atoms with Crippen molar-refractivity contribution >= 4 is 0 Å². The Morgan fingerprint density at radius 3 is 1.19 bits per heavy atom. The number of aromatic hydroxyl groups is 2. The van der Waals surface area contributed by atoms with Gasteiger partial charge in [0.05, 0.1) is 0 Å². The highest BCUT2D eigenvalue weighted by Gasteiger charge is 2.30. The van der Waals surface area contributed by atoms with Crippen molar-refractivity contribution in [3.63, 3.8) is 0 Å². The van der Waals surface area contributed by atoms with E-state index in [1.807, 2.05) is 24.3 Å². The van der Waals surface area contributed by atoms with Gasteiger partial charge in [0.2, 0.25) is 0 Å². The molecule has 2 aromatic rings. The monoisotopic (exact) mass is 496 g/mol. The van der Waals surface area contributed by atoms with Crippen molar-refractivity contribution in [2.75, 3.05) is 0 Å². The summed E-state index contributed by atoms with van der Waals surface area (Å²) < 4.78 is 12.6. The highest BCUT2D eigenvalue weighted by atomic mass is 16.6. The lowest BCUT2D eigenvalue weighted by Crippen LogP contribution is -2.06. The average Bonchev–Trinajstić information content (AvgIpc) is 2.89. The van der Waals surface area contributed by atoms with Gasteiger partial charge in [-0.15, -0.1) is 0 Å². The van der Waals surface area contributed by atoms with E-state index in [1.54, 1.807) is 0 Å². The third kappa shape index (κ3) is 8.08. The fourth-order valence-corrected chi connectivity index (χ4v) is 5.16. The molecule has 4 heteroatoms. The standard InChI is InChI=1S/C32H48O4/c1-3-5-7-9-11-13-15-17-21-25-29(33)30(34)26(22-18-16-14-12-10-8-6-4-2)32-31(25)35-27-23-19-20-24-28(27)36-32/h19-20,23-24,33-34H,3-18,21-22H2,1-2H3. The van der Waals surface area contributed by atoms with Crippen LogP contribution in [0, 0.1) is 0 Å². The highest BCUT2D eigenvalue weighted by Crippen LogP contribution is 2.55. The molecule has 0 radical (unpaired) electrons. The van der Waals surface area contributed by atoms with E-state index in [2.05, 4.69) is 13.8 Å². The van der Waals surface area contributed by atoms with Crippen LogP contribution in [-0.2, 0) is 12.8 Å². The van der Waals surface area contributed by atoms with Gasteiger partial charge in [0.15, 0.2) is 34.5 Å². The molecular formula is C32H48O4. The molecular weight excluding hydrogens is 448 g/mol. The molecule has 1 aliphatic rings. The first-order chi connectivity index (χ1) is 17.7. The van der Waals surface area contributed by atoms with Crippen molar-refractivity contribution in [2.45, 2.75) is 129 Å². The second-order valence-electron chi connectivity index (χ2n) is 10.4. The van der Waals surface area contributed by atoms with E-state index in [-0.39, 0.29) is 11.5 Å². The topological polar surface area (TPSA) is 58.9 Å². The molecule has 0 saturated carbocycles. The number of hydrogen-bond donors (Lipinski definition) is 2. The quantitative estimate of drug-likeness (QED) is 0.136. The molecule has 0 atom stereocenters. The summed E-state index contributed by atoms with van der Waals surface area (Å²) in [5, 5.41) is 22.0. The molecule has 1 aliphatic heterocycles. The van der Waals surface area contributed by atoms with Crippen LogP contribution in [0.2, 0.25) is 0 Å². The van der Waals surface area contributed by atoms with Gasteiger partial charge in [-0.3, -0.25) is 0 Å². The molecule has 0 fully saturated rings. The van der Waals surface area contributed by atoms with Crippen LogP contribution in [0.5, 0.6) is 34.5 Å². The Bertz CT molecular complexity index is 847. The Morgan fingerprint density at radius 1 is 0.500 bits per heavy atom. The van der Waals surface area contributed by atoms with Crippen molar-refractivity contribution in [3.05, 3.63) is 35.4 Å². The molecule has 0 amide bonds. The van der Waals surface area contributed by atoms with Gasteiger partial charge < -0.3 is 19.7 Å². The van der Waals surface area contributed by atoms with Crippen molar-refractivity contribution in [1.82, 2.24) is 0 Å². The van der Waals surface area contributed by atoms with Crippen molar-refractivity contribution in [3.8, 4) is 34.5 Å². The first-order valence-electron chi connectivity index (χ1n) is 14.7. The fraction of sp³-hybridized carbons (Fsp3) is 0.625. The number of fused-ring (bicyclic) bond motifs is 2. The van der Waals surface area contributed by atoms with Gasteiger partial charge in [0.25, 0.3) is 0 Å². The van der Waals surface area contributed by atoms with Gasteiger partial charge in [0, 0.05) is 11.1 Å². The Balaban J connectivity index is 1.65. The lowest BCUT2D eigenvalue weighted by atomic mass is 9.96. The number of unbranched alkanes of at least 4 members (excludes halogenated alkanes) is 14. The molecule has 200 valence electrons. The van der Waals surface area contributed by atoms with Gasteiger partial charge in [-0.2, -0.15) is 0 Å². The summed E-state index contributed by atoms with van der Waals surface area (Å²) in [6.07, 6.45) is 20.8. The molecule has 3 rings (SSSR count). The van der Waals surface area contributed by atoms with Crippen LogP contribution in [0.15, 0.2) is 24.3 Å². The molecule has 0 bridgehead atoms. The molecule has 2 aromatic carbocycles. The zero-order chi connectivity index (χ0) is 25.6. The SMILES string of the molecule is CCCCCCCCCCc1c(O)c(O)c(CCCCCCCCCC)c2c1Oc1ccccc1O2. The Kier molecular flexibility index (Phi) is 12.3. The summed E-state index contributed by atoms with van der Waals surface area (Å²) in [7, 11) is 0. The Morgan fingerprint density at radius 2 is 0.833 bits per heavy atom. The smallest absolute Gasteiger partial charge is 0.177 e. The zero-order valence-electron chi connectivity index (χ0n) is 22.7. The maximum atomic E-state index is 11.0. The van der Waals surface area contributed by atoms with Gasteiger partial charge in [-0.1, -0.05) is 116 Å². The lowest BCUT2D eigenvalue weighted by molar-refractivity contribution is 0.333. The van der Waals surface area contributed by atoms with Gasteiger partial charge >= 0.3 is 0 Å². The molecule has 2 N–H and O–H groups in total. The van der Waals surface area contributed by atoms with Crippen molar-refractivity contribution < 1.29 is 19.7 Å². The Hall–Kier alpha value is -2.36. The van der Waals surface area contributed by atoms with E-state index >= 15 is 0 Å². The number of benzene rings is 2. The second kappa shape index (κ2) is 15.7. The zero-order valence-corrected chi connectivity index (χ0v) is 22.7. The van der Waals surface area contributed by atoms with E-state index < -0.39 is 0 Å². The number of ether oxygens (including phenoxy) is 2. The minimum atomic E-state index is -0.0331. The first-order valence-corrected chi connectivity index (χ1v) is 14.7. The Labute approximate surface area is 219 Å². The summed E-state index contributed by atoms with van der Waals surface area (Å²) in [4.78, 5) is 0. The minimum absolute atomic E-state index is 0.0331. The number of hydrogen-bond acceptors (Lipinski definition) is 4. The van der Waals surface area contributed by atoms with Crippen molar-refractivity contribution in [1.29, 1.82) is 0 Å². The predicted octanol–water partition coefficient (Wildman–Crippen LogP) is 10.4. The summed E-state index contributed by atoms with van der Waals surface area (Å²) in [6.45, 7) is 4.49. The summed E-state index contributed by atoms with van der Waals surface area (Å²) >= 11 is 0. The van der Waals surface area contributed by atoms with Crippen LogP contribution in [0.3, 0.4) is 0 Å². The fourth-order valence-electron chi connectivity index (χ4n) is 5.16. The maximum Gasteiger partial charge on any atom is 0.177 e. The minimum Gasteiger partial charge on any atom is -0.504 e. The van der Waals surface area contributed by atoms with E-state index in [9.17, 15) is 10.2 Å². The summed E-state index contributed by atoms with van der Waals surface area (Å²) in [6, 6.07) is 7.63. The van der Waals surface area contributed by atoms with Gasteiger partial charge in [-0.05, 0) is 37.8 Å². The highest BCUT2D eigenvalue weighted by molar-refractivity contribution is 5.69. The number of rotatable bonds is 18. The van der Waals surface area contributed by atoms with E-state index in [0.29, 0.717) is 47.0 Å². The largest absolute Gasteiger partial charge is 0.504 e. The molecule has 0 aromatic heterocycles. The van der Waals surface area contributed by atoms with Crippen LogP contribution in [0.4, 0.5) is 0 Å². The normalized spacial score (nSPS) is 12.1. The van der Waals surface area contributed by atoms with E-state index in [4.69, 9.17) is 9.47 Å². The average molecular weight is 497 g/mol. The molecule has 0 aliphatic carbocycles. The summed E-state index contributed by atoms with van der Waals surface area (Å²) in [5.74, 6) is 2.42. The van der Waals surface area contributed by atoms with Crippen LogP contribution >= 0.6 is 0 Å². The molecule has 0 saturated heterocycles. The van der Waals surface area contributed by atoms with E-state index in [0.717, 1.165) is 25.7 Å². The van der Waals surface area contributed by atoms with Gasteiger partial charge in [-0.25, -0.2) is 0 Å². The van der Waals surface area contributed by atoms with E-state index in [1.165, 1.54) is 77.0 Å². The van der Waals surface area contributed by atoms with Crippen LogP contribution in [0.1, 0.15) is 128 Å². The molecule has 1 heterocycles. The molecule has 36 heavy (non-hydrogen) atoms. The second-order valence-corrected chi connectivity index (χ2v) is 10.4. The number of para-hydroxylation sites is 2.